The van der Waals surface area contributed by atoms with Gasteiger partial charge in [-0.15, -0.1) is 11.3 Å². The highest BCUT2D eigenvalue weighted by Gasteiger charge is 2.18. The van der Waals surface area contributed by atoms with Crippen LogP contribution in [0.2, 0.25) is 0 Å². The van der Waals surface area contributed by atoms with Crippen LogP contribution in [0.5, 0.6) is 0 Å². The first-order valence-corrected chi connectivity index (χ1v) is 10.3. The van der Waals surface area contributed by atoms with Crippen molar-refractivity contribution in [3.8, 4) is 10.4 Å². The fraction of sp³-hybridized carbons (Fsp3) is 0.0435. The lowest BCUT2D eigenvalue weighted by molar-refractivity contribution is 0.628. The summed E-state index contributed by atoms with van der Waals surface area (Å²) in [6.07, 6.45) is 0. The number of hydrogen-bond donors (Lipinski definition) is 0. The van der Waals surface area contributed by atoms with Crippen molar-refractivity contribution in [3.63, 3.8) is 0 Å². The van der Waals surface area contributed by atoms with Crippen molar-refractivity contribution in [2.24, 2.45) is 0 Å². The van der Waals surface area contributed by atoms with Gasteiger partial charge in [0.25, 0.3) is 5.56 Å². The first-order valence-electron chi connectivity index (χ1n) is 9.10. The molecule has 142 valence electrons. The molecule has 29 heavy (non-hydrogen) atoms. The van der Waals surface area contributed by atoms with Crippen LogP contribution in [0.3, 0.4) is 0 Å². The average molecular weight is 419 g/mol. The Kier molecular flexibility index (Phi) is 4.38. The lowest BCUT2D eigenvalue weighted by atomic mass is 10.1. The maximum absolute atomic E-state index is 13.5. The quantitative estimate of drug-likeness (QED) is 0.341. The second-order valence-electron chi connectivity index (χ2n) is 6.76. The Morgan fingerprint density at radius 3 is 2.34 bits per heavy atom. The van der Waals surface area contributed by atoms with Gasteiger partial charge < -0.3 is 0 Å². The van der Waals surface area contributed by atoms with Gasteiger partial charge in [-0.05, 0) is 47.6 Å². The molecule has 0 aliphatic heterocycles. The van der Waals surface area contributed by atoms with Crippen LogP contribution in [0, 0.1) is 9.77 Å². The van der Waals surface area contributed by atoms with E-state index < -0.39 is 0 Å². The fourth-order valence-corrected chi connectivity index (χ4v) is 5.05. The molecule has 0 aliphatic rings. The highest BCUT2D eigenvalue weighted by atomic mass is 32.1. The van der Waals surface area contributed by atoms with Gasteiger partial charge in [-0.3, -0.25) is 13.8 Å². The Bertz CT molecular complexity index is 1470. The molecule has 6 heteroatoms. The van der Waals surface area contributed by atoms with Crippen LogP contribution in [-0.2, 0) is 6.54 Å². The van der Waals surface area contributed by atoms with Crippen LogP contribution in [0.1, 0.15) is 5.56 Å². The van der Waals surface area contributed by atoms with Crippen molar-refractivity contribution in [3.05, 3.63) is 105 Å². The number of halogens is 1. The Hall–Kier alpha value is -3.09. The molecule has 0 N–H and O–H groups in total. The molecule has 0 saturated carbocycles. The minimum atomic E-state index is -0.298. The maximum Gasteiger partial charge on any atom is 0.261 e. The summed E-state index contributed by atoms with van der Waals surface area (Å²) in [4.78, 5) is 14.3. The molecule has 2 aromatic heterocycles. The molecule has 0 saturated heterocycles. The van der Waals surface area contributed by atoms with E-state index in [-0.39, 0.29) is 11.4 Å². The van der Waals surface area contributed by atoms with Crippen LogP contribution >= 0.6 is 23.6 Å². The molecular weight excluding hydrogens is 403 g/mol. The summed E-state index contributed by atoms with van der Waals surface area (Å²) in [5.74, 6) is -0.298. The molecule has 0 bridgehead atoms. The average Bonchev–Trinajstić information content (AvgIpc) is 3.09. The number of hydrogen-bond acceptors (Lipinski definition) is 3. The van der Waals surface area contributed by atoms with E-state index in [1.807, 2.05) is 59.0 Å². The zero-order valence-corrected chi connectivity index (χ0v) is 16.8. The van der Waals surface area contributed by atoms with E-state index >= 15 is 0 Å². The summed E-state index contributed by atoms with van der Waals surface area (Å²) in [5.41, 5.74) is 3.31. The van der Waals surface area contributed by atoms with Gasteiger partial charge in [0.15, 0.2) is 3.95 Å². The summed E-state index contributed by atoms with van der Waals surface area (Å²) < 4.78 is 17.9. The van der Waals surface area contributed by atoms with E-state index in [0.717, 1.165) is 27.2 Å². The molecule has 0 spiro atoms. The van der Waals surface area contributed by atoms with Crippen molar-refractivity contribution in [2.45, 2.75) is 6.54 Å². The van der Waals surface area contributed by atoms with Crippen molar-refractivity contribution in [1.29, 1.82) is 0 Å². The van der Waals surface area contributed by atoms with Crippen LogP contribution < -0.4 is 5.56 Å². The van der Waals surface area contributed by atoms with Crippen LogP contribution in [0.15, 0.2) is 83.7 Å². The van der Waals surface area contributed by atoms with Gasteiger partial charge >= 0.3 is 0 Å². The number of thiazole rings is 1. The van der Waals surface area contributed by atoms with Crippen molar-refractivity contribution < 1.29 is 4.39 Å². The lowest BCUT2D eigenvalue weighted by Crippen LogP contribution is -2.23. The highest BCUT2D eigenvalue weighted by molar-refractivity contribution is 7.73. The summed E-state index contributed by atoms with van der Waals surface area (Å²) in [5, 5.41) is 0.621. The van der Waals surface area contributed by atoms with Crippen LogP contribution in [0.25, 0.3) is 27.0 Å². The number of fused-ring (bicyclic) bond motifs is 3. The maximum atomic E-state index is 13.5. The third kappa shape index (κ3) is 3.01. The van der Waals surface area contributed by atoms with E-state index in [1.165, 1.54) is 23.5 Å². The molecule has 0 radical (unpaired) electrons. The number of nitrogens with zero attached hydrogens (tertiary/aromatic N) is 2. The second kappa shape index (κ2) is 7.06. The summed E-state index contributed by atoms with van der Waals surface area (Å²) in [7, 11) is 0. The molecule has 5 aromatic rings. The predicted octanol–water partition coefficient (Wildman–Crippen LogP) is 5.90. The number of rotatable bonds is 3. The van der Waals surface area contributed by atoms with E-state index in [2.05, 4.69) is 0 Å². The molecule has 0 amide bonds. The summed E-state index contributed by atoms with van der Waals surface area (Å²) in [6.45, 7) is 0.424. The molecule has 5 rings (SSSR count). The zero-order chi connectivity index (χ0) is 20.0. The van der Waals surface area contributed by atoms with Crippen LogP contribution in [0.4, 0.5) is 4.39 Å². The van der Waals surface area contributed by atoms with E-state index in [0.29, 0.717) is 15.9 Å². The van der Waals surface area contributed by atoms with Gasteiger partial charge in [-0.2, -0.15) is 0 Å². The van der Waals surface area contributed by atoms with Gasteiger partial charge in [-0.1, -0.05) is 54.6 Å². The first-order chi connectivity index (χ1) is 14.1. The normalized spacial score (nSPS) is 11.3. The van der Waals surface area contributed by atoms with Gasteiger partial charge in [0, 0.05) is 0 Å². The Labute approximate surface area is 174 Å². The van der Waals surface area contributed by atoms with Gasteiger partial charge in [-0.25, -0.2) is 4.39 Å². The highest BCUT2D eigenvalue weighted by Crippen LogP contribution is 2.33. The van der Waals surface area contributed by atoms with Gasteiger partial charge in [0.1, 0.15) is 11.5 Å². The largest absolute Gasteiger partial charge is 0.288 e. The topological polar surface area (TPSA) is 26.4 Å². The first kappa shape index (κ1) is 18.0. The van der Waals surface area contributed by atoms with Crippen LogP contribution in [-0.4, -0.2) is 8.97 Å². The molecule has 0 unspecified atom stereocenters. The smallest absolute Gasteiger partial charge is 0.261 e. The standard InChI is InChI=1S/C23H15FN2OS2/c24-17-12-10-16(11-13-17)20-21-25(14-15-6-2-1-3-7-15)22(27)18-8-4-5-9-19(18)26(21)23(28)29-20/h1-13H,14H2. The van der Waals surface area contributed by atoms with Gasteiger partial charge in [0.05, 0.1) is 22.3 Å². The summed E-state index contributed by atoms with van der Waals surface area (Å²) >= 11 is 7.12. The molecule has 2 heterocycles. The number of aromatic nitrogens is 2. The van der Waals surface area contributed by atoms with Crippen molar-refractivity contribution in [1.82, 2.24) is 8.97 Å². The minimum absolute atomic E-state index is 0.0689. The third-order valence-electron chi connectivity index (χ3n) is 4.95. The van der Waals surface area contributed by atoms with Gasteiger partial charge in [0.2, 0.25) is 0 Å². The second-order valence-corrected chi connectivity index (χ2v) is 8.40. The van der Waals surface area contributed by atoms with E-state index in [9.17, 15) is 9.18 Å². The number of benzene rings is 3. The molecule has 0 atom stereocenters. The summed E-state index contributed by atoms with van der Waals surface area (Å²) in [6, 6.07) is 23.7. The number of para-hydroxylation sites is 1. The van der Waals surface area contributed by atoms with Crippen molar-refractivity contribution in [2.75, 3.05) is 0 Å². The Morgan fingerprint density at radius 1 is 0.897 bits per heavy atom. The molecule has 3 nitrogen and oxygen atoms in total. The fourth-order valence-electron chi connectivity index (χ4n) is 3.62. The Balaban J connectivity index is 1.92. The Morgan fingerprint density at radius 2 is 1.59 bits per heavy atom. The predicted molar refractivity (Wildman–Crippen MR) is 119 cm³/mol. The van der Waals surface area contributed by atoms with E-state index in [4.69, 9.17) is 12.2 Å². The monoisotopic (exact) mass is 418 g/mol. The lowest BCUT2D eigenvalue weighted by Gasteiger charge is -2.13. The molecule has 0 fully saturated rings. The third-order valence-corrected chi connectivity index (χ3v) is 6.37. The SMILES string of the molecule is O=c1c2ccccc2n2c(=S)sc(-c3ccc(F)cc3)c2n1Cc1ccccc1. The van der Waals surface area contributed by atoms with Crippen molar-refractivity contribution >= 4 is 40.1 Å². The minimum Gasteiger partial charge on any atom is -0.288 e. The molecule has 3 aromatic carbocycles. The zero-order valence-electron chi connectivity index (χ0n) is 15.2. The van der Waals surface area contributed by atoms with E-state index in [1.54, 1.807) is 16.7 Å². The molecular formula is C23H15FN2OS2. The molecule has 0 aliphatic carbocycles.